The van der Waals surface area contributed by atoms with Crippen LogP contribution in [0.15, 0.2) is 36.7 Å². The SMILES string of the molecule is O=C(Cc1cccc(F)c1)c1ncc[nH]1. The summed E-state index contributed by atoms with van der Waals surface area (Å²) >= 11 is 0. The summed E-state index contributed by atoms with van der Waals surface area (Å²) in [6.45, 7) is 0. The average Bonchev–Trinajstić information content (AvgIpc) is 2.70. The molecule has 0 saturated heterocycles. The van der Waals surface area contributed by atoms with E-state index < -0.39 is 0 Å². The zero-order valence-electron chi connectivity index (χ0n) is 7.90. The van der Waals surface area contributed by atoms with E-state index in [1.165, 1.54) is 18.3 Å². The Balaban J connectivity index is 2.13. The van der Waals surface area contributed by atoms with Gasteiger partial charge in [-0.3, -0.25) is 4.79 Å². The molecule has 0 radical (unpaired) electrons. The molecular weight excluding hydrogens is 195 g/mol. The van der Waals surface area contributed by atoms with Crippen molar-refractivity contribution in [2.75, 3.05) is 0 Å². The Labute approximate surface area is 86.0 Å². The number of aromatic amines is 1. The molecule has 0 bridgehead atoms. The summed E-state index contributed by atoms with van der Waals surface area (Å²) in [5, 5.41) is 0. The lowest BCUT2D eigenvalue weighted by Gasteiger charge is -1.98. The van der Waals surface area contributed by atoms with Crippen LogP contribution in [-0.4, -0.2) is 15.8 Å². The molecule has 2 rings (SSSR count). The molecule has 2 aromatic rings. The lowest BCUT2D eigenvalue weighted by atomic mass is 10.1. The van der Waals surface area contributed by atoms with Gasteiger partial charge in [0.2, 0.25) is 5.78 Å². The fourth-order valence-corrected chi connectivity index (χ4v) is 1.33. The molecule has 1 aromatic heterocycles. The summed E-state index contributed by atoms with van der Waals surface area (Å²) in [5.74, 6) is -0.176. The van der Waals surface area contributed by atoms with E-state index in [4.69, 9.17) is 0 Å². The minimum absolute atomic E-state index is 0.148. The summed E-state index contributed by atoms with van der Waals surface area (Å²) in [7, 11) is 0. The van der Waals surface area contributed by atoms with Gasteiger partial charge in [0, 0.05) is 18.8 Å². The Morgan fingerprint density at radius 2 is 2.33 bits per heavy atom. The highest BCUT2D eigenvalue weighted by Gasteiger charge is 2.09. The molecule has 0 spiro atoms. The maximum atomic E-state index is 12.8. The number of hydrogen-bond donors (Lipinski definition) is 1. The lowest BCUT2D eigenvalue weighted by molar-refractivity contribution is 0.0984. The summed E-state index contributed by atoms with van der Waals surface area (Å²) in [5.41, 5.74) is 0.649. The first kappa shape index (κ1) is 9.58. The molecule has 0 unspecified atom stereocenters. The Hall–Kier alpha value is -1.97. The van der Waals surface area contributed by atoms with Crippen molar-refractivity contribution in [3.63, 3.8) is 0 Å². The van der Waals surface area contributed by atoms with E-state index in [2.05, 4.69) is 9.97 Å². The lowest BCUT2D eigenvalue weighted by Crippen LogP contribution is -2.05. The Kier molecular flexibility index (Phi) is 2.58. The molecular formula is C11H9FN2O. The first-order valence-electron chi connectivity index (χ1n) is 4.53. The highest BCUT2D eigenvalue weighted by Crippen LogP contribution is 2.06. The van der Waals surface area contributed by atoms with E-state index in [9.17, 15) is 9.18 Å². The molecule has 76 valence electrons. The highest BCUT2D eigenvalue weighted by atomic mass is 19.1. The number of hydrogen-bond acceptors (Lipinski definition) is 2. The smallest absolute Gasteiger partial charge is 0.202 e. The number of carbonyl (C=O) groups excluding carboxylic acids is 1. The van der Waals surface area contributed by atoms with Gasteiger partial charge in [0.05, 0.1) is 0 Å². The fourth-order valence-electron chi connectivity index (χ4n) is 1.33. The summed E-state index contributed by atoms with van der Waals surface area (Å²) in [4.78, 5) is 18.1. The van der Waals surface area contributed by atoms with Gasteiger partial charge in [-0.15, -0.1) is 0 Å². The van der Waals surface area contributed by atoms with Gasteiger partial charge in [0.15, 0.2) is 5.82 Å². The average molecular weight is 204 g/mol. The van der Waals surface area contributed by atoms with Crippen LogP contribution < -0.4 is 0 Å². The zero-order valence-corrected chi connectivity index (χ0v) is 7.90. The second kappa shape index (κ2) is 4.04. The molecule has 0 aliphatic rings. The predicted octanol–water partition coefficient (Wildman–Crippen LogP) is 1.97. The number of imidazole rings is 1. The molecule has 4 heteroatoms. The largest absolute Gasteiger partial charge is 0.342 e. The Morgan fingerprint density at radius 1 is 1.47 bits per heavy atom. The molecule has 0 aliphatic carbocycles. The minimum Gasteiger partial charge on any atom is -0.342 e. The molecule has 0 aliphatic heterocycles. The number of rotatable bonds is 3. The first-order chi connectivity index (χ1) is 7.25. The molecule has 15 heavy (non-hydrogen) atoms. The number of aromatic nitrogens is 2. The normalized spacial score (nSPS) is 10.2. The van der Waals surface area contributed by atoms with Crippen LogP contribution in [0.1, 0.15) is 16.2 Å². The molecule has 0 saturated carbocycles. The van der Waals surface area contributed by atoms with Gasteiger partial charge in [-0.1, -0.05) is 12.1 Å². The van der Waals surface area contributed by atoms with Crippen molar-refractivity contribution in [3.8, 4) is 0 Å². The van der Waals surface area contributed by atoms with Crippen LogP contribution in [0.3, 0.4) is 0 Å². The predicted molar refractivity (Wildman–Crippen MR) is 53.0 cm³/mol. The van der Waals surface area contributed by atoms with Gasteiger partial charge in [-0.2, -0.15) is 0 Å². The van der Waals surface area contributed by atoms with Crippen LogP contribution in [-0.2, 0) is 6.42 Å². The number of Topliss-reactive ketones (excluding diaryl/α,β-unsaturated/α-hetero) is 1. The number of H-pyrrole nitrogens is 1. The van der Waals surface area contributed by atoms with Crippen molar-refractivity contribution in [2.45, 2.75) is 6.42 Å². The third-order valence-electron chi connectivity index (χ3n) is 2.02. The van der Waals surface area contributed by atoms with Crippen molar-refractivity contribution in [1.82, 2.24) is 9.97 Å². The molecule has 0 fully saturated rings. The second-order valence-corrected chi connectivity index (χ2v) is 3.17. The molecule has 1 aromatic carbocycles. The summed E-state index contributed by atoms with van der Waals surface area (Å²) in [6.07, 6.45) is 3.25. The van der Waals surface area contributed by atoms with Crippen molar-refractivity contribution >= 4 is 5.78 Å². The van der Waals surface area contributed by atoms with E-state index >= 15 is 0 Å². The maximum absolute atomic E-state index is 12.8. The maximum Gasteiger partial charge on any atom is 0.202 e. The van der Waals surface area contributed by atoms with Crippen LogP contribution in [0.5, 0.6) is 0 Å². The number of benzene rings is 1. The molecule has 3 nitrogen and oxygen atoms in total. The molecule has 0 atom stereocenters. The van der Waals surface area contributed by atoms with Crippen LogP contribution in [0.2, 0.25) is 0 Å². The summed E-state index contributed by atoms with van der Waals surface area (Å²) < 4.78 is 12.8. The van der Waals surface area contributed by atoms with E-state index in [1.807, 2.05) is 0 Å². The minimum atomic E-state index is -0.334. The zero-order chi connectivity index (χ0) is 10.7. The summed E-state index contributed by atoms with van der Waals surface area (Å²) in [6, 6.07) is 5.99. The molecule has 1 N–H and O–H groups in total. The van der Waals surface area contributed by atoms with E-state index in [-0.39, 0.29) is 18.0 Å². The molecule has 0 amide bonds. The van der Waals surface area contributed by atoms with Crippen molar-refractivity contribution in [1.29, 1.82) is 0 Å². The van der Waals surface area contributed by atoms with Crippen LogP contribution in [0, 0.1) is 5.82 Å². The van der Waals surface area contributed by atoms with Gasteiger partial charge in [-0.05, 0) is 17.7 Å². The number of halogens is 1. The van der Waals surface area contributed by atoms with Gasteiger partial charge in [0.25, 0.3) is 0 Å². The van der Waals surface area contributed by atoms with E-state index in [0.29, 0.717) is 11.4 Å². The Morgan fingerprint density at radius 3 is 3.00 bits per heavy atom. The van der Waals surface area contributed by atoms with Crippen molar-refractivity contribution in [2.24, 2.45) is 0 Å². The quantitative estimate of drug-likeness (QED) is 0.777. The number of nitrogens with zero attached hydrogens (tertiary/aromatic N) is 1. The fraction of sp³-hybridized carbons (Fsp3) is 0.0909. The first-order valence-corrected chi connectivity index (χ1v) is 4.53. The molecule has 1 heterocycles. The standard InChI is InChI=1S/C11H9FN2O/c12-9-3-1-2-8(6-9)7-10(15)11-13-4-5-14-11/h1-6H,7H2,(H,13,14). The topological polar surface area (TPSA) is 45.8 Å². The van der Waals surface area contributed by atoms with Gasteiger partial charge >= 0.3 is 0 Å². The second-order valence-electron chi connectivity index (χ2n) is 3.17. The van der Waals surface area contributed by atoms with Gasteiger partial charge in [0.1, 0.15) is 5.82 Å². The number of nitrogens with one attached hydrogen (secondary N) is 1. The third-order valence-corrected chi connectivity index (χ3v) is 2.02. The number of ketones is 1. The van der Waals surface area contributed by atoms with Crippen molar-refractivity contribution in [3.05, 3.63) is 53.9 Å². The number of carbonyl (C=O) groups is 1. The van der Waals surface area contributed by atoms with Crippen LogP contribution >= 0.6 is 0 Å². The van der Waals surface area contributed by atoms with E-state index in [1.54, 1.807) is 18.3 Å². The van der Waals surface area contributed by atoms with Gasteiger partial charge in [-0.25, -0.2) is 9.37 Å². The van der Waals surface area contributed by atoms with Crippen LogP contribution in [0.4, 0.5) is 4.39 Å². The third kappa shape index (κ3) is 2.28. The Bertz CT molecular complexity index is 465. The monoisotopic (exact) mass is 204 g/mol. The van der Waals surface area contributed by atoms with Crippen molar-refractivity contribution < 1.29 is 9.18 Å². The van der Waals surface area contributed by atoms with Gasteiger partial charge < -0.3 is 4.98 Å². The van der Waals surface area contributed by atoms with Crippen LogP contribution in [0.25, 0.3) is 0 Å². The van der Waals surface area contributed by atoms with E-state index in [0.717, 1.165) is 0 Å². The highest BCUT2D eigenvalue weighted by molar-refractivity contribution is 5.94.